The molecule has 1 N–H and O–H groups in total. The Morgan fingerprint density at radius 1 is 1.45 bits per heavy atom. The number of benzene rings is 1. The molecule has 0 aliphatic carbocycles. The summed E-state index contributed by atoms with van der Waals surface area (Å²) in [7, 11) is 0. The highest BCUT2D eigenvalue weighted by Crippen LogP contribution is 2.37. The van der Waals surface area contributed by atoms with Crippen LogP contribution in [0.4, 0.5) is 4.39 Å². The van der Waals surface area contributed by atoms with E-state index in [1.807, 2.05) is 0 Å². The molecular formula is C14H11ClFN3O2S. The number of carbonyl (C=O) groups is 1. The third-order valence-corrected chi connectivity index (χ3v) is 4.72. The Hall–Kier alpha value is -1.99. The van der Waals surface area contributed by atoms with Crippen LogP contribution in [0.15, 0.2) is 22.6 Å². The molecule has 2 heterocycles. The van der Waals surface area contributed by atoms with Gasteiger partial charge in [0.25, 0.3) is 5.91 Å². The topological polar surface area (TPSA) is 68.0 Å². The van der Waals surface area contributed by atoms with E-state index >= 15 is 0 Å². The van der Waals surface area contributed by atoms with Gasteiger partial charge in [-0.25, -0.2) is 4.39 Å². The van der Waals surface area contributed by atoms with Crippen molar-refractivity contribution in [2.45, 2.75) is 19.9 Å². The summed E-state index contributed by atoms with van der Waals surface area (Å²) in [6.07, 6.45) is 0. The average Bonchev–Trinajstić information content (AvgIpc) is 3.04. The van der Waals surface area contributed by atoms with E-state index in [0.29, 0.717) is 16.5 Å². The van der Waals surface area contributed by atoms with Gasteiger partial charge in [0, 0.05) is 17.0 Å². The van der Waals surface area contributed by atoms with Crippen molar-refractivity contribution in [3.8, 4) is 0 Å². The molecule has 0 fully saturated rings. The van der Waals surface area contributed by atoms with Gasteiger partial charge in [0.2, 0.25) is 11.8 Å². The molecule has 0 spiro atoms. The van der Waals surface area contributed by atoms with Gasteiger partial charge in [0.05, 0.1) is 5.02 Å². The van der Waals surface area contributed by atoms with Gasteiger partial charge in [-0.1, -0.05) is 17.7 Å². The van der Waals surface area contributed by atoms with Crippen LogP contribution in [0.25, 0.3) is 10.1 Å². The monoisotopic (exact) mass is 339 g/mol. The van der Waals surface area contributed by atoms with E-state index in [1.165, 1.54) is 6.07 Å². The summed E-state index contributed by atoms with van der Waals surface area (Å²) >= 11 is 7.29. The third kappa shape index (κ3) is 2.57. The number of rotatable bonds is 3. The minimum atomic E-state index is -0.472. The number of nitrogens with one attached hydrogen (secondary N) is 1. The van der Waals surface area contributed by atoms with Crippen molar-refractivity contribution in [3.05, 3.63) is 45.7 Å². The van der Waals surface area contributed by atoms with E-state index in [0.717, 1.165) is 11.3 Å². The van der Waals surface area contributed by atoms with Crippen molar-refractivity contribution in [1.29, 1.82) is 0 Å². The van der Waals surface area contributed by atoms with E-state index < -0.39 is 17.8 Å². The molecule has 3 rings (SSSR count). The molecule has 5 nitrogen and oxygen atoms in total. The van der Waals surface area contributed by atoms with E-state index in [9.17, 15) is 9.18 Å². The van der Waals surface area contributed by atoms with Crippen LogP contribution < -0.4 is 5.32 Å². The molecule has 114 valence electrons. The standard InChI is InChI=1S/C14H11ClFN3O2S/c1-6(14-19-18-7(2)21-14)17-13(20)12-11(15)10-8(16)4-3-5-9(10)22-12/h3-6H,1-2H3,(H,17,20)/t6-/m0/s1. The largest absolute Gasteiger partial charge is 0.423 e. The lowest BCUT2D eigenvalue weighted by molar-refractivity contribution is 0.0938. The summed E-state index contributed by atoms with van der Waals surface area (Å²) in [4.78, 5) is 12.6. The Balaban J connectivity index is 1.89. The van der Waals surface area contributed by atoms with Gasteiger partial charge in [0.1, 0.15) is 16.7 Å². The number of thiophene rings is 1. The molecule has 1 amide bonds. The summed E-state index contributed by atoms with van der Waals surface area (Å²) in [6.45, 7) is 3.38. The van der Waals surface area contributed by atoms with Crippen molar-refractivity contribution < 1.29 is 13.6 Å². The molecule has 0 saturated heterocycles. The zero-order valence-electron chi connectivity index (χ0n) is 11.7. The number of aromatic nitrogens is 2. The van der Waals surface area contributed by atoms with Crippen LogP contribution in [0.5, 0.6) is 0 Å². The van der Waals surface area contributed by atoms with Crippen molar-refractivity contribution in [2.24, 2.45) is 0 Å². The predicted molar refractivity (Wildman–Crippen MR) is 81.7 cm³/mol. The van der Waals surface area contributed by atoms with Crippen LogP contribution in [0, 0.1) is 12.7 Å². The third-order valence-electron chi connectivity index (χ3n) is 3.07. The van der Waals surface area contributed by atoms with Crippen LogP contribution >= 0.6 is 22.9 Å². The number of halogens is 2. The second kappa shape index (κ2) is 5.66. The second-order valence-corrected chi connectivity index (χ2v) is 6.14. The van der Waals surface area contributed by atoms with Crippen LogP contribution in [0.2, 0.25) is 5.02 Å². The van der Waals surface area contributed by atoms with Gasteiger partial charge in [-0.2, -0.15) is 0 Å². The highest BCUT2D eigenvalue weighted by molar-refractivity contribution is 7.21. The van der Waals surface area contributed by atoms with Gasteiger partial charge in [0.15, 0.2) is 0 Å². The molecular weight excluding hydrogens is 329 g/mol. The Kier molecular flexibility index (Phi) is 3.84. The molecule has 0 aliphatic heterocycles. The lowest BCUT2D eigenvalue weighted by Crippen LogP contribution is -2.26. The number of hydrogen-bond donors (Lipinski definition) is 1. The van der Waals surface area contributed by atoms with Crippen molar-refractivity contribution in [2.75, 3.05) is 0 Å². The summed E-state index contributed by atoms with van der Waals surface area (Å²) in [6, 6.07) is 4.14. The molecule has 0 bridgehead atoms. The van der Waals surface area contributed by atoms with Gasteiger partial charge in [-0.05, 0) is 19.1 Å². The van der Waals surface area contributed by atoms with Crippen molar-refractivity contribution in [1.82, 2.24) is 15.5 Å². The summed E-state index contributed by atoms with van der Waals surface area (Å²) in [5, 5.41) is 10.7. The van der Waals surface area contributed by atoms with Crippen molar-refractivity contribution in [3.63, 3.8) is 0 Å². The molecule has 0 unspecified atom stereocenters. The fourth-order valence-electron chi connectivity index (χ4n) is 2.03. The fraction of sp³-hybridized carbons (Fsp3) is 0.214. The smallest absolute Gasteiger partial charge is 0.263 e. The first kappa shape index (κ1) is 14.9. The quantitative estimate of drug-likeness (QED) is 0.786. The van der Waals surface area contributed by atoms with Gasteiger partial charge < -0.3 is 9.73 Å². The lowest BCUT2D eigenvalue weighted by Gasteiger charge is -2.08. The maximum Gasteiger partial charge on any atom is 0.263 e. The molecule has 8 heteroatoms. The van der Waals surface area contributed by atoms with E-state index in [2.05, 4.69) is 15.5 Å². The minimum Gasteiger partial charge on any atom is -0.423 e. The fourth-order valence-corrected chi connectivity index (χ4v) is 3.49. The van der Waals surface area contributed by atoms with Crippen molar-refractivity contribution >= 4 is 38.9 Å². The Morgan fingerprint density at radius 3 is 2.86 bits per heavy atom. The summed E-state index contributed by atoms with van der Waals surface area (Å²) in [5.74, 6) is -0.139. The summed E-state index contributed by atoms with van der Waals surface area (Å²) < 4.78 is 19.7. The molecule has 3 aromatic rings. The predicted octanol–water partition coefficient (Wildman–Crippen LogP) is 3.88. The van der Waals surface area contributed by atoms with Gasteiger partial charge >= 0.3 is 0 Å². The maximum absolute atomic E-state index is 13.8. The lowest BCUT2D eigenvalue weighted by atomic mass is 10.2. The highest BCUT2D eigenvalue weighted by Gasteiger charge is 2.22. The van der Waals surface area contributed by atoms with Crippen LogP contribution in [0.3, 0.4) is 0 Å². The molecule has 0 radical (unpaired) electrons. The number of amides is 1. The Labute approximate surface area is 134 Å². The molecule has 0 saturated carbocycles. The average molecular weight is 340 g/mol. The van der Waals surface area contributed by atoms with Gasteiger partial charge in [-0.15, -0.1) is 21.5 Å². The molecule has 1 aromatic carbocycles. The van der Waals surface area contributed by atoms with Crippen LogP contribution in [-0.4, -0.2) is 16.1 Å². The Morgan fingerprint density at radius 2 is 2.23 bits per heavy atom. The highest BCUT2D eigenvalue weighted by atomic mass is 35.5. The van der Waals surface area contributed by atoms with Crippen LogP contribution in [-0.2, 0) is 0 Å². The number of nitrogens with zero attached hydrogens (tertiary/aromatic N) is 2. The number of carbonyl (C=O) groups excluding carboxylic acids is 1. The van der Waals surface area contributed by atoms with Gasteiger partial charge in [-0.3, -0.25) is 4.79 Å². The number of aryl methyl sites for hydroxylation is 1. The zero-order chi connectivity index (χ0) is 15.9. The molecule has 22 heavy (non-hydrogen) atoms. The molecule has 1 atom stereocenters. The second-order valence-electron chi connectivity index (χ2n) is 4.71. The van der Waals surface area contributed by atoms with Crippen LogP contribution in [0.1, 0.15) is 34.4 Å². The molecule has 2 aromatic heterocycles. The molecule has 0 aliphatic rings. The van der Waals surface area contributed by atoms with E-state index in [1.54, 1.807) is 26.0 Å². The first-order chi connectivity index (χ1) is 10.5. The summed E-state index contributed by atoms with van der Waals surface area (Å²) in [5.41, 5.74) is 0. The number of fused-ring (bicyclic) bond motifs is 1. The minimum absolute atomic E-state index is 0.115. The SMILES string of the molecule is Cc1nnc([C@H](C)NC(=O)c2sc3cccc(F)c3c2Cl)o1. The number of hydrogen-bond acceptors (Lipinski definition) is 5. The first-order valence-electron chi connectivity index (χ1n) is 6.44. The zero-order valence-corrected chi connectivity index (χ0v) is 13.3. The first-order valence-corrected chi connectivity index (χ1v) is 7.64. The Bertz CT molecular complexity index is 861. The van der Waals surface area contributed by atoms with E-state index in [4.69, 9.17) is 16.0 Å². The van der Waals surface area contributed by atoms with E-state index in [-0.39, 0.29) is 15.3 Å². The maximum atomic E-state index is 13.8. The normalized spacial score (nSPS) is 12.5.